The van der Waals surface area contributed by atoms with Crippen LogP contribution in [-0.2, 0) is 6.16 Å². The SMILES string of the molecule is Cc1csc(C)c1CP(Br)(c1ccccc1)(c1ccccc1)c1ccccc1. The van der Waals surface area contributed by atoms with Crippen LogP contribution < -0.4 is 15.9 Å². The van der Waals surface area contributed by atoms with Crippen molar-refractivity contribution in [3.63, 3.8) is 0 Å². The molecule has 0 fully saturated rings. The average molecular weight is 467 g/mol. The summed E-state index contributed by atoms with van der Waals surface area (Å²) in [7, 11) is 0. The minimum absolute atomic E-state index is 0.977. The van der Waals surface area contributed by atoms with Gasteiger partial charge in [-0.3, -0.25) is 0 Å². The van der Waals surface area contributed by atoms with Gasteiger partial charge >= 0.3 is 180 Å². The first-order valence-electron chi connectivity index (χ1n) is 9.47. The quantitative estimate of drug-likeness (QED) is 0.287. The summed E-state index contributed by atoms with van der Waals surface area (Å²) < 4.78 is 0. The van der Waals surface area contributed by atoms with Gasteiger partial charge in [-0.2, -0.15) is 0 Å². The predicted octanol–water partition coefficient (Wildman–Crippen LogP) is 6.70. The molecule has 0 radical (unpaired) electrons. The minimum atomic E-state index is -2.89. The number of thiophene rings is 1. The first kappa shape index (κ1) is 19.6. The Morgan fingerprint density at radius 3 is 1.39 bits per heavy atom. The number of halogens is 1. The van der Waals surface area contributed by atoms with E-state index in [2.05, 4.69) is 126 Å². The molecule has 0 atom stereocenters. The van der Waals surface area contributed by atoms with Crippen LogP contribution in [0.2, 0.25) is 0 Å². The Hall–Kier alpha value is -1.73. The second kappa shape index (κ2) is 7.59. The van der Waals surface area contributed by atoms with Crippen molar-refractivity contribution >= 4 is 48.0 Å². The molecule has 0 nitrogen and oxygen atoms in total. The third kappa shape index (κ3) is 3.08. The Morgan fingerprint density at radius 1 is 0.679 bits per heavy atom. The zero-order valence-corrected chi connectivity index (χ0v) is 19.5. The zero-order chi connectivity index (χ0) is 19.6. The fourth-order valence-electron chi connectivity index (χ4n) is 4.07. The normalized spacial score (nSPS) is 13.0. The zero-order valence-electron chi connectivity index (χ0n) is 16.2. The van der Waals surface area contributed by atoms with Gasteiger partial charge in [0.15, 0.2) is 0 Å². The second-order valence-electron chi connectivity index (χ2n) is 7.30. The van der Waals surface area contributed by atoms with Crippen LogP contribution in [0.3, 0.4) is 0 Å². The number of aryl methyl sites for hydroxylation is 2. The van der Waals surface area contributed by atoms with Crippen molar-refractivity contribution in [1.29, 1.82) is 0 Å². The monoisotopic (exact) mass is 466 g/mol. The Bertz CT molecular complexity index is 953. The number of benzene rings is 3. The van der Waals surface area contributed by atoms with Crippen molar-refractivity contribution in [3.8, 4) is 0 Å². The van der Waals surface area contributed by atoms with Crippen molar-refractivity contribution in [2.45, 2.75) is 20.0 Å². The molecule has 0 amide bonds. The van der Waals surface area contributed by atoms with E-state index in [1.165, 1.54) is 31.9 Å². The van der Waals surface area contributed by atoms with Crippen LogP contribution in [0.25, 0.3) is 0 Å². The fourth-order valence-corrected chi connectivity index (χ4v) is 12.8. The van der Waals surface area contributed by atoms with Gasteiger partial charge in [-0.1, -0.05) is 0 Å². The van der Waals surface area contributed by atoms with E-state index in [4.69, 9.17) is 0 Å². The van der Waals surface area contributed by atoms with Gasteiger partial charge in [-0.05, 0) is 0 Å². The summed E-state index contributed by atoms with van der Waals surface area (Å²) in [6, 6.07) is 33.1. The molecule has 0 bridgehead atoms. The molecule has 0 aliphatic heterocycles. The van der Waals surface area contributed by atoms with E-state index in [0.717, 1.165) is 6.16 Å². The van der Waals surface area contributed by atoms with Crippen LogP contribution in [0.1, 0.15) is 16.0 Å². The summed E-state index contributed by atoms with van der Waals surface area (Å²) in [6.45, 7) is 4.50. The molecule has 28 heavy (non-hydrogen) atoms. The van der Waals surface area contributed by atoms with Gasteiger partial charge < -0.3 is 0 Å². The van der Waals surface area contributed by atoms with Crippen LogP contribution in [0.15, 0.2) is 96.4 Å². The van der Waals surface area contributed by atoms with E-state index >= 15 is 0 Å². The van der Waals surface area contributed by atoms with Gasteiger partial charge in [0.05, 0.1) is 0 Å². The van der Waals surface area contributed by atoms with Gasteiger partial charge in [0.25, 0.3) is 0 Å². The first-order chi connectivity index (χ1) is 13.5. The molecule has 3 heteroatoms. The molecule has 0 saturated heterocycles. The molecule has 0 aliphatic rings. The van der Waals surface area contributed by atoms with Crippen molar-refractivity contribution in [3.05, 3.63) is 112 Å². The molecule has 0 N–H and O–H groups in total. The van der Waals surface area contributed by atoms with Gasteiger partial charge in [0, 0.05) is 0 Å². The summed E-state index contributed by atoms with van der Waals surface area (Å²) in [4.78, 5) is 1.41. The summed E-state index contributed by atoms with van der Waals surface area (Å²) in [5.74, 6) is 0. The molecule has 4 aromatic rings. The maximum atomic E-state index is 4.54. The molecule has 0 aliphatic carbocycles. The summed E-state index contributed by atoms with van der Waals surface area (Å²) in [5.41, 5.74) is 2.86. The third-order valence-corrected chi connectivity index (χ3v) is 16.2. The number of hydrogen-bond acceptors (Lipinski definition) is 1. The van der Waals surface area contributed by atoms with Crippen molar-refractivity contribution in [1.82, 2.24) is 0 Å². The van der Waals surface area contributed by atoms with Gasteiger partial charge in [-0.15, -0.1) is 0 Å². The van der Waals surface area contributed by atoms with Crippen LogP contribution in [0.5, 0.6) is 0 Å². The van der Waals surface area contributed by atoms with Gasteiger partial charge in [0.1, 0.15) is 0 Å². The number of hydrogen-bond donors (Lipinski definition) is 0. The summed E-state index contributed by atoms with van der Waals surface area (Å²) in [5, 5.41) is 3.52. The molecule has 0 saturated carbocycles. The summed E-state index contributed by atoms with van der Waals surface area (Å²) >= 11 is 6.40. The van der Waals surface area contributed by atoms with Gasteiger partial charge in [0.2, 0.25) is 0 Å². The van der Waals surface area contributed by atoms with E-state index in [-0.39, 0.29) is 0 Å². The Morgan fingerprint density at radius 2 is 1.07 bits per heavy atom. The van der Waals surface area contributed by atoms with Crippen molar-refractivity contribution in [2.75, 3.05) is 0 Å². The first-order valence-corrected chi connectivity index (χ1v) is 14.8. The molecule has 1 heterocycles. The predicted molar refractivity (Wildman–Crippen MR) is 132 cm³/mol. The average Bonchev–Trinajstić information content (AvgIpc) is 3.07. The standard InChI is InChI=1S/C25H24BrPS/c1-20-19-28-21(2)25(20)18-27(26,22-12-6-3-7-13-22,23-14-8-4-9-15-23)24-16-10-5-11-17-24/h3-17,19H,18H2,1-2H3. The van der Waals surface area contributed by atoms with Crippen molar-refractivity contribution in [2.24, 2.45) is 0 Å². The topological polar surface area (TPSA) is 0 Å². The molecule has 3 aromatic carbocycles. The van der Waals surface area contributed by atoms with E-state index in [9.17, 15) is 0 Å². The Balaban J connectivity index is 2.12. The molecule has 0 unspecified atom stereocenters. The second-order valence-corrected chi connectivity index (χ2v) is 17.3. The molecule has 0 spiro atoms. The van der Waals surface area contributed by atoms with E-state index in [1.807, 2.05) is 11.3 Å². The molecular weight excluding hydrogens is 443 g/mol. The molecule has 142 valence electrons. The fraction of sp³-hybridized carbons (Fsp3) is 0.120. The third-order valence-electron chi connectivity index (χ3n) is 5.65. The van der Waals surface area contributed by atoms with Crippen molar-refractivity contribution < 1.29 is 0 Å². The van der Waals surface area contributed by atoms with Crippen LogP contribution in [0.4, 0.5) is 0 Å². The van der Waals surface area contributed by atoms with E-state index in [1.54, 1.807) is 0 Å². The summed E-state index contributed by atoms with van der Waals surface area (Å²) in [6.07, 6.45) is 0.977. The van der Waals surface area contributed by atoms with Crippen LogP contribution in [0, 0.1) is 13.8 Å². The Labute approximate surface area is 179 Å². The maximum absolute atomic E-state index is 4.54. The number of rotatable bonds is 5. The van der Waals surface area contributed by atoms with E-state index in [0.29, 0.717) is 0 Å². The van der Waals surface area contributed by atoms with Crippen LogP contribution in [-0.4, -0.2) is 0 Å². The van der Waals surface area contributed by atoms with Crippen LogP contribution >= 0.6 is 32.1 Å². The molecule has 1 aromatic heterocycles. The Kier molecular flexibility index (Phi) is 5.31. The van der Waals surface area contributed by atoms with Gasteiger partial charge in [-0.25, -0.2) is 0 Å². The molecule has 4 rings (SSSR count). The van der Waals surface area contributed by atoms with E-state index < -0.39 is 5.31 Å². The molecular formula is C25H24BrPS.